The van der Waals surface area contributed by atoms with Crippen molar-refractivity contribution >= 4 is 23.5 Å². The number of hydrogen-bond acceptors (Lipinski definition) is 6. The Morgan fingerprint density at radius 3 is 2.56 bits per heavy atom. The van der Waals surface area contributed by atoms with Gasteiger partial charge < -0.3 is 20.9 Å². The van der Waals surface area contributed by atoms with Crippen LogP contribution in [-0.2, 0) is 14.4 Å². The number of rotatable bonds is 4. The molecule has 1 amide bonds. The predicted molar refractivity (Wildman–Crippen MR) is 59.5 cm³/mol. The van der Waals surface area contributed by atoms with E-state index in [0.29, 0.717) is 5.69 Å². The molecule has 1 atom stereocenters. The van der Waals surface area contributed by atoms with E-state index in [9.17, 15) is 14.4 Å². The number of amides is 1. The molecule has 0 saturated heterocycles. The number of nitrogens with two attached hydrogens (primary N) is 1. The van der Waals surface area contributed by atoms with E-state index in [1.807, 2.05) is 5.32 Å². The maximum atomic E-state index is 11.5. The summed E-state index contributed by atoms with van der Waals surface area (Å²) < 4.78 is 4.69. The monoisotopic (exact) mass is 253 g/mol. The zero-order chi connectivity index (χ0) is 13.7. The average molecular weight is 253 g/mol. The molecule has 0 fully saturated rings. The molecule has 0 aliphatic rings. The lowest BCUT2D eigenvalue weighted by molar-refractivity contribution is -0.151. The highest BCUT2D eigenvalue weighted by molar-refractivity contribution is 6.01. The molecule has 18 heavy (non-hydrogen) atoms. The van der Waals surface area contributed by atoms with Crippen molar-refractivity contribution in [2.75, 3.05) is 5.73 Å². The van der Waals surface area contributed by atoms with Crippen molar-refractivity contribution in [3.8, 4) is 5.88 Å². The molecule has 96 valence electrons. The van der Waals surface area contributed by atoms with E-state index in [4.69, 9.17) is 15.6 Å². The fourth-order valence-corrected chi connectivity index (χ4v) is 1.04. The quantitative estimate of drug-likeness (QED) is 0.470. The highest BCUT2D eigenvalue weighted by Gasteiger charge is 2.29. The molecule has 8 nitrogen and oxygen atoms in total. The van der Waals surface area contributed by atoms with E-state index in [1.54, 1.807) is 0 Å². The van der Waals surface area contributed by atoms with Gasteiger partial charge in [-0.1, -0.05) is 0 Å². The van der Waals surface area contributed by atoms with Crippen molar-refractivity contribution in [1.29, 1.82) is 0 Å². The zero-order valence-corrected chi connectivity index (χ0v) is 9.41. The molecule has 0 saturated carbocycles. The Labute approximate surface area is 102 Å². The van der Waals surface area contributed by atoms with Crippen LogP contribution in [0.15, 0.2) is 18.3 Å². The summed E-state index contributed by atoms with van der Waals surface area (Å²) in [4.78, 5) is 36.7. The van der Waals surface area contributed by atoms with E-state index in [2.05, 4.69) is 4.98 Å². The summed E-state index contributed by atoms with van der Waals surface area (Å²) in [5.74, 6) is -3.43. The minimum absolute atomic E-state index is 0.106. The number of aromatic nitrogens is 1. The third kappa shape index (κ3) is 3.74. The average Bonchev–Trinajstić information content (AvgIpc) is 2.28. The summed E-state index contributed by atoms with van der Waals surface area (Å²) in [7, 11) is 0. The van der Waals surface area contributed by atoms with Crippen LogP contribution in [0.3, 0.4) is 0 Å². The van der Waals surface area contributed by atoms with E-state index in [0.717, 1.165) is 6.92 Å². The van der Waals surface area contributed by atoms with Gasteiger partial charge in [0.2, 0.25) is 17.8 Å². The molecule has 0 bridgehead atoms. The van der Waals surface area contributed by atoms with Gasteiger partial charge in [0, 0.05) is 13.0 Å². The first-order valence-electron chi connectivity index (χ1n) is 4.83. The van der Waals surface area contributed by atoms with Gasteiger partial charge >= 0.3 is 11.9 Å². The number of carboxylic acids is 1. The number of aliphatic carboxylic acids is 1. The third-order valence-corrected chi connectivity index (χ3v) is 1.79. The zero-order valence-electron chi connectivity index (χ0n) is 9.41. The maximum Gasteiger partial charge on any atom is 0.347 e. The predicted octanol–water partition coefficient (Wildman–Crippen LogP) is -0.841. The highest BCUT2D eigenvalue weighted by Crippen LogP contribution is 2.09. The second-order valence-electron chi connectivity index (χ2n) is 3.32. The number of carboxylic acid groups (broad SMARTS) is 1. The number of carbonyl (C=O) groups excluding carboxylic acids is 2. The van der Waals surface area contributed by atoms with E-state index >= 15 is 0 Å². The number of nitrogens with one attached hydrogen (secondary N) is 1. The van der Waals surface area contributed by atoms with Crippen LogP contribution in [0.1, 0.15) is 6.92 Å². The molecular weight excluding hydrogens is 242 g/mol. The van der Waals surface area contributed by atoms with Crippen LogP contribution >= 0.6 is 0 Å². The molecule has 4 N–H and O–H groups in total. The largest absolute Gasteiger partial charge is 0.479 e. The topological polar surface area (TPSA) is 132 Å². The molecule has 0 radical (unpaired) electrons. The molecule has 8 heteroatoms. The van der Waals surface area contributed by atoms with Crippen molar-refractivity contribution in [2.45, 2.75) is 13.0 Å². The molecule has 1 heterocycles. The van der Waals surface area contributed by atoms with E-state index in [-0.39, 0.29) is 5.88 Å². The first-order valence-corrected chi connectivity index (χ1v) is 4.83. The van der Waals surface area contributed by atoms with Gasteiger partial charge in [-0.2, -0.15) is 0 Å². The van der Waals surface area contributed by atoms with Crippen LogP contribution in [0.25, 0.3) is 0 Å². The first kappa shape index (κ1) is 13.4. The van der Waals surface area contributed by atoms with Gasteiger partial charge in [0.25, 0.3) is 0 Å². The minimum Gasteiger partial charge on any atom is -0.479 e. The Kier molecular flexibility index (Phi) is 4.19. The Hall–Kier alpha value is -2.64. The molecule has 1 aromatic heterocycles. The standard InChI is InChI=1S/C10H11N3O5/c1-5(14)13-8(9(15)16)10(17)18-7-3-2-6(11)4-12-7/h2-4,8H,11H2,1H3,(H,13,14)(H,15,16). The lowest BCUT2D eigenvalue weighted by Crippen LogP contribution is -2.47. The minimum atomic E-state index is -1.78. The molecule has 0 aromatic carbocycles. The smallest absolute Gasteiger partial charge is 0.347 e. The summed E-state index contributed by atoms with van der Waals surface area (Å²) in [6.45, 7) is 1.09. The molecule has 1 aromatic rings. The Morgan fingerprint density at radius 2 is 2.11 bits per heavy atom. The maximum absolute atomic E-state index is 11.5. The van der Waals surface area contributed by atoms with Crippen LogP contribution in [0.2, 0.25) is 0 Å². The fourth-order valence-electron chi connectivity index (χ4n) is 1.04. The molecule has 1 rings (SSSR count). The fraction of sp³-hybridized carbons (Fsp3) is 0.200. The molecule has 1 unspecified atom stereocenters. The van der Waals surface area contributed by atoms with Crippen LogP contribution in [0.5, 0.6) is 5.88 Å². The SMILES string of the molecule is CC(=O)NC(C(=O)O)C(=O)Oc1ccc(N)cn1. The van der Waals surface area contributed by atoms with Crippen molar-refractivity contribution in [2.24, 2.45) is 0 Å². The lowest BCUT2D eigenvalue weighted by Gasteiger charge is -2.11. The highest BCUT2D eigenvalue weighted by atomic mass is 16.5. The number of pyridine rings is 1. The third-order valence-electron chi connectivity index (χ3n) is 1.79. The van der Waals surface area contributed by atoms with Crippen LogP contribution in [0.4, 0.5) is 5.69 Å². The Bertz CT molecular complexity index is 471. The van der Waals surface area contributed by atoms with E-state index < -0.39 is 23.9 Å². The Morgan fingerprint density at radius 1 is 1.44 bits per heavy atom. The van der Waals surface area contributed by atoms with Gasteiger partial charge in [0.1, 0.15) is 0 Å². The summed E-state index contributed by atoms with van der Waals surface area (Å²) in [5.41, 5.74) is 5.74. The number of ether oxygens (including phenoxy) is 1. The molecular formula is C10H11N3O5. The molecule has 0 aliphatic heterocycles. The molecule has 0 spiro atoms. The first-order chi connectivity index (χ1) is 8.40. The van der Waals surface area contributed by atoms with E-state index in [1.165, 1.54) is 18.3 Å². The summed E-state index contributed by atoms with van der Waals surface area (Å²) in [5, 5.41) is 10.7. The van der Waals surface area contributed by atoms with Gasteiger partial charge in [-0.15, -0.1) is 0 Å². The van der Waals surface area contributed by atoms with Gasteiger partial charge in [0.15, 0.2) is 0 Å². The summed E-state index contributed by atoms with van der Waals surface area (Å²) in [6.07, 6.45) is 1.25. The van der Waals surface area contributed by atoms with Crippen LogP contribution < -0.4 is 15.8 Å². The second-order valence-corrected chi connectivity index (χ2v) is 3.32. The normalized spacial score (nSPS) is 11.4. The number of anilines is 1. The van der Waals surface area contributed by atoms with Gasteiger partial charge in [-0.3, -0.25) is 4.79 Å². The summed E-state index contributed by atoms with van der Waals surface area (Å²) in [6, 6.07) is 0.964. The molecule has 0 aliphatic carbocycles. The van der Waals surface area contributed by atoms with Gasteiger partial charge in [0.05, 0.1) is 11.9 Å². The number of nitrogens with zero attached hydrogens (tertiary/aromatic N) is 1. The van der Waals surface area contributed by atoms with Crippen LogP contribution in [0, 0.1) is 0 Å². The number of esters is 1. The number of hydrogen-bond donors (Lipinski definition) is 3. The lowest BCUT2D eigenvalue weighted by atomic mass is 10.3. The number of carbonyl (C=O) groups is 3. The van der Waals surface area contributed by atoms with Crippen molar-refractivity contribution in [3.05, 3.63) is 18.3 Å². The number of nitrogen functional groups attached to an aromatic ring is 1. The van der Waals surface area contributed by atoms with Crippen LogP contribution in [-0.4, -0.2) is 34.0 Å². The Balaban J connectivity index is 2.75. The van der Waals surface area contributed by atoms with Crippen molar-refractivity contribution in [3.63, 3.8) is 0 Å². The van der Waals surface area contributed by atoms with Crippen molar-refractivity contribution < 1.29 is 24.2 Å². The second kappa shape index (κ2) is 5.62. The summed E-state index contributed by atoms with van der Waals surface area (Å²) >= 11 is 0. The van der Waals surface area contributed by atoms with Gasteiger partial charge in [-0.05, 0) is 6.07 Å². The van der Waals surface area contributed by atoms with Gasteiger partial charge in [-0.25, -0.2) is 14.6 Å². The van der Waals surface area contributed by atoms with Crippen molar-refractivity contribution in [1.82, 2.24) is 10.3 Å².